The van der Waals surface area contributed by atoms with Crippen molar-refractivity contribution in [3.8, 4) is 5.75 Å². The Labute approximate surface area is 236 Å². The van der Waals surface area contributed by atoms with Crippen LogP contribution in [-0.2, 0) is 19.6 Å². The first kappa shape index (κ1) is 28.4. The molecule has 2 aliphatic heterocycles. The first-order valence-corrected chi connectivity index (χ1v) is 14.6. The molecule has 0 bridgehead atoms. The highest BCUT2D eigenvalue weighted by Gasteiger charge is 2.55. The molecule has 3 atom stereocenters. The van der Waals surface area contributed by atoms with Crippen LogP contribution in [0.4, 0.5) is 0 Å². The molecule has 1 N–H and O–H groups in total. The number of carbonyl (C=O) groups excluding carboxylic acids is 4. The second-order valence-corrected chi connectivity index (χ2v) is 12.3. The maximum Gasteiger partial charge on any atom is 0.293 e. The highest BCUT2D eigenvalue weighted by atomic mass is 32.2. The van der Waals surface area contributed by atoms with Gasteiger partial charge in [0.1, 0.15) is 12.1 Å². The monoisotopic (exact) mass is 582 g/mol. The van der Waals surface area contributed by atoms with Crippen molar-refractivity contribution in [2.45, 2.75) is 44.8 Å². The topological polar surface area (TPSA) is 156 Å². The number of rotatable bonds is 8. The summed E-state index contributed by atoms with van der Waals surface area (Å²) in [6.45, 7) is 3.36. The van der Waals surface area contributed by atoms with E-state index in [2.05, 4.69) is 10.3 Å². The Hall–Kier alpha value is -4.10. The molecule has 2 amide bonds. The Balaban J connectivity index is 1.36. The number of hydrogen-bond acceptors (Lipinski definition) is 9. The second-order valence-electron chi connectivity index (χ2n) is 10.5. The summed E-state index contributed by atoms with van der Waals surface area (Å²) in [6, 6.07) is 6.64. The van der Waals surface area contributed by atoms with Gasteiger partial charge in [0.25, 0.3) is 21.0 Å². The third kappa shape index (κ3) is 5.22. The molecule has 12 nitrogen and oxygen atoms in total. The van der Waals surface area contributed by atoms with Crippen LogP contribution < -0.4 is 10.1 Å². The fourth-order valence-electron chi connectivity index (χ4n) is 5.51. The number of nitrogens with one attached hydrogen (secondary N) is 1. The van der Waals surface area contributed by atoms with Crippen LogP contribution in [0.3, 0.4) is 0 Å². The van der Waals surface area contributed by atoms with E-state index in [9.17, 15) is 27.6 Å². The number of ether oxygens (including phenoxy) is 1. The van der Waals surface area contributed by atoms with Crippen LogP contribution >= 0.6 is 0 Å². The summed E-state index contributed by atoms with van der Waals surface area (Å²) in [5, 5.41) is 2.25. The standard InChI is InChI=1S/C28H30N4O8S/c1-16(2)12-19(30-26(34)23-13-17-6-4-8-22(39-3)25(17)40-23)27(35)31-11-9-20-24(31)21(33)15-32(20)41(37,38)28(36)18-7-5-10-29-14-18/h4-8,10,13-14,16,19-20,24H,9,11-12,15H2,1-3H3,(H,30,34). The number of nitrogens with zero attached hydrogens (tertiary/aromatic N) is 3. The SMILES string of the molecule is COc1cccc2cc(C(=O)NC(CC(C)C)C(=O)N3CCC4C3C(=O)CN4S(=O)(=O)C(=O)c3cccnc3)oc12. The molecule has 5 rings (SSSR count). The van der Waals surface area contributed by atoms with E-state index in [1.165, 1.54) is 30.3 Å². The Morgan fingerprint density at radius 3 is 2.66 bits per heavy atom. The van der Waals surface area contributed by atoms with Crippen LogP contribution in [0.1, 0.15) is 47.6 Å². The summed E-state index contributed by atoms with van der Waals surface area (Å²) in [5.41, 5.74) is 0.283. The van der Waals surface area contributed by atoms with Gasteiger partial charge in [0, 0.05) is 24.3 Å². The zero-order valence-electron chi connectivity index (χ0n) is 22.8. The Morgan fingerprint density at radius 2 is 1.98 bits per heavy atom. The zero-order valence-corrected chi connectivity index (χ0v) is 23.6. The number of aromatic nitrogens is 1. The quantitative estimate of drug-likeness (QED) is 0.420. The molecule has 13 heteroatoms. The number of ketones is 1. The summed E-state index contributed by atoms with van der Waals surface area (Å²) in [5.74, 6) is -1.13. The van der Waals surface area contributed by atoms with Crippen molar-refractivity contribution in [3.63, 3.8) is 0 Å². The normalized spacial score (nSPS) is 19.9. The third-order valence-corrected chi connectivity index (χ3v) is 9.08. The van der Waals surface area contributed by atoms with Gasteiger partial charge in [-0.25, -0.2) is 8.42 Å². The maximum atomic E-state index is 13.8. The first-order valence-electron chi connectivity index (χ1n) is 13.2. The number of likely N-dealkylation sites (tertiary alicyclic amines) is 1. The number of para-hydroxylation sites is 1. The molecular formula is C28H30N4O8S. The molecule has 2 aliphatic rings. The van der Waals surface area contributed by atoms with Gasteiger partial charge in [-0.15, -0.1) is 0 Å². The van der Waals surface area contributed by atoms with E-state index in [0.717, 1.165) is 10.5 Å². The molecule has 0 aliphatic carbocycles. The molecule has 2 aromatic heterocycles. The van der Waals surface area contributed by atoms with Gasteiger partial charge in [0.2, 0.25) is 5.91 Å². The number of amides is 2. The number of fused-ring (bicyclic) bond motifs is 2. The van der Waals surface area contributed by atoms with Gasteiger partial charge in [-0.3, -0.25) is 24.2 Å². The van der Waals surface area contributed by atoms with Gasteiger partial charge < -0.3 is 19.4 Å². The van der Waals surface area contributed by atoms with Crippen molar-refractivity contribution in [1.29, 1.82) is 0 Å². The number of Topliss-reactive ketones (excluding diaryl/α,β-unsaturated/α-hetero) is 1. The van der Waals surface area contributed by atoms with E-state index in [1.54, 1.807) is 24.3 Å². The molecule has 216 valence electrons. The van der Waals surface area contributed by atoms with E-state index in [4.69, 9.17) is 9.15 Å². The number of carbonyl (C=O) groups is 4. The third-order valence-electron chi connectivity index (χ3n) is 7.36. The van der Waals surface area contributed by atoms with E-state index < -0.39 is 57.4 Å². The van der Waals surface area contributed by atoms with Crippen molar-refractivity contribution < 1.29 is 36.7 Å². The fraction of sp³-hybridized carbons (Fsp3) is 0.393. The average Bonchev–Trinajstić information content (AvgIpc) is 3.67. The van der Waals surface area contributed by atoms with Gasteiger partial charge in [0.05, 0.1) is 25.3 Å². The molecular weight excluding hydrogens is 552 g/mol. The fourth-order valence-corrected chi connectivity index (χ4v) is 7.02. The molecule has 2 fully saturated rings. The lowest BCUT2D eigenvalue weighted by Crippen LogP contribution is -2.53. The lowest BCUT2D eigenvalue weighted by molar-refractivity contribution is -0.138. The highest BCUT2D eigenvalue weighted by molar-refractivity contribution is 8.04. The molecule has 0 radical (unpaired) electrons. The minimum atomic E-state index is -4.54. The Morgan fingerprint density at radius 1 is 1.20 bits per heavy atom. The molecule has 0 spiro atoms. The predicted molar refractivity (Wildman–Crippen MR) is 147 cm³/mol. The van der Waals surface area contributed by atoms with E-state index in [1.807, 2.05) is 13.8 Å². The molecule has 1 aromatic carbocycles. The van der Waals surface area contributed by atoms with Crippen LogP contribution in [0.15, 0.2) is 53.2 Å². The van der Waals surface area contributed by atoms with Crippen molar-refractivity contribution in [2.75, 3.05) is 20.2 Å². The summed E-state index contributed by atoms with van der Waals surface area (Å²) in [4.78, 5) is 58.0. The van der Waals surface area contributed by atoms with Crippen LogP contribution in [0.25, 0.3) is 11.0 Å². The minimum Gasteiger partial charge on any atom is -0.493 e. The van der Waals surface area contributed by atoms with Crippen LogP contribution in [-0.4, -0.2) is 83.6 Å². The van der Waals surface area contributed by atoms with Crippen molar-refractivity contribution in [2.24, 2.45) is 5.92 Å². The lowest BCUT2D eigenvalue weighted by Gasteiger charge is -2.28. The Kier molecular flexibility index (Phi) is 7.66. The van der Waals surface area contributed by atoms with Gasteiger partial charge in [-0.05, 0) is 43.0 Å². The van der Waals surface area contributed by atoms with E-state index >= 15 is 0 Å². The predicted octanol–water partition coefficient (Wildman–Crippen LogP) is 2.01. The van der Waals surface area contributed by atoms with E-state index in [0.29, 0.717) is 16.7 Å². The number of hydrogen-bond donors (Lipinski definition) is 1. The van der Waals surface area contributed by atoms with Crippen molar-refractivity contribution >= 4 is 43.7 Å². The molecule has 0 saturated carbocycles. The number of sulfonamides is 1. The second kappa shape index (κ2) is 11.1. The number of pyridine rings is 1. The summed E-state index contributed by atoms with van der Waals surface area (Å²) >= 11 is 0. The van der Waals surface area contributed by atoms with Gasteiger partial charge in [-0.1, -0.05) is 26.0 Å². The van der Waals surface area contributed by atoms with Gasteiger partial charge >= 0.3 is 0 Å². The first-order chi connectivity index (χ1) is 19.5. The molecule has 3 unspecified atom stereocenters. The molecule has 41 heavy (non-hydrogen) atoms. The molecule has 4 heterocycles. The summed E-state index contributed by atoms with van der Waals surface area (Å²) in [6.07, 6.45) is 3.01. The van der Waals surface area contributed by atoms with Crippen molar-refractivity contribution in [3.05, 3.63) is 60.1 Å². The van der Waals surface area contributed by atoms with E-state index in [-0.39, 0.29) is 36.6 Å². The Bertz CT molecular complexity index is 1620. The number of furan rings is 1. The van der Waals surface area contributed by atoms with Crippen molar-refractivity contribution in [1.82, 2.24) is 19.5 Å². The zero-order chi connectivity index (χ0) is 29.5. The summed E-state index contributed by atoms with van der Waals surface area (Å²) in [7, 11) is -3.05. The number of methoxy groups -OCH3 is 1. The smallest absolute Gasteiger partial charge is 0.293 e. The number of benzene rings is 1. The van der Waals surface area contributed by atoms with Gasteiger partial charge in [-0.2, -0.15) is 4.31 Å². The maximum absolute atomic E-state index is 13.8. The highest BCUT2D eigenvalue weighted by Crippen LogP contribution is 2.34. The van der Waals surface area contributed by atoms with Gasteiger partial charge in [0.15, 0.2) is 22.9 Å². The van der Waals surface area contributed by atoms with Crippen LogP contribution in [0.5, 0.6) is 5.75 Å². The summed E-state index contributed by atoms with van der Waals surface area (Å²) < 4.78 is 38.3. The largest absolute Gasteiger partial charge is 0.493 e. The lowest BCUT2D eigenvalue weighted by atomic mass is 10.0. The van der Waals surface area contributed by atoms with Crippen LogP contribution in [0, 0.1) is 5.92 Å². The minimum absolute atomic E-state index is 0.00604. The average molecular weight is 583 g/mol. The molecule has 2 saturated heterocycles. The van der Waals surface area contributed by atoms with Crippen LogP contribution in [0.2, 0.25) is 0 Å². The molecule has 3 aromatic rings.